The lowest BCUT2D eigenvalue weighted by Crippen LogP contribution is -2.30. The molecular formula is C22H20N2O4. The highest BCUT2D eigenvalue weighted by Gasteiger charge is 2.19. The van der Waals surface area contributed by atoms with E-state index in [1.807, 2.05) is 30.3 Å². The highest BCUT2D eigenvalue weighted by Crippen LogP contribution is 2.22. The van der Waals surface area contributed by atoms with Gasteiger partial charge in [0, 0.05) is 11.4 Å². The van der Waals surface area contributed by atoms with E-state index in [9.17, 15) is 9.59 Å². The molecule has 0 aromatic heterocycles. The number of carbonyl (C=O) groups is 2. The number of nitrogen functional groups attached to an aromatic ring is 1. The highest BCUT2D eigenvalue weighted by molar-refractivity contribution is 5.97. The van der Waals surface area contributed by atoms with Gasteiger partial charge in [0.25, 0.3) is 5.91 Å². The van der Waals surface area contributed by atoms with E-state index in [-0.39, 0.29) is 0 Å². The van der Waals surface area contributed by atoms with Crippen LogP contribution in [0.2, 0.25) is 0 Å². The van der Waals surface area contributed by atoms with Gasteiger partial charge in [-0.15, -0.1) is 0 Å². The minimum absolute atomic E-state index is 0.330. The molecule has 0 bridgehead atoms. The van der Waals surface area contributed by atoms with Gasteiger partial charge in [-0.05, 0) is 67.6 Å². The maximum atomic E-state index is 12.3. The van der Waals surface area contributed by atoms with E-state index in [0.717, 1.165) is 5.75 Å². The van der Waals surface area contributed by atoms with Crippen molar-refractivity contribution in [1.82, 2.24) is 0 Å². The average molecular weight is 376 g/mol. The normalized spacial score (nSPS) is 11.3. The number of nitrogens with two attached hydrogens (primary N) is 1. The number of nitrogens with one attached hydrogen (secondary N) is 1. The molecule has 142 valence electrons. The van der Waals surface area contributed by atoms with Crippen molar-refractivity contribution in [3.05, 3.63) is 84.4 Å². The number of para-hydroxylation sites is 1. The van der Waals surface area contributed by atoms with E-state index < -0.39 is 18.0 Å². The van der Waals surface area contributed by atoms with Crippen LogP contribution in [-0.4, -0.2) is 18.0 Å². The van der Waals surface area contributed by atoms with Crippen molar-refractivity contribution in [2.45, 2.75) is 13.0 Å². The number of hydrogen-bond acceptors (Lipinski definition) is 5. The Morgan fingerprint density at radius 1 is 0.857 bits per heavy atom. The van der Waals surface area contributed by atoms with Crippen molar-refractivity contribution in [1.29, 1.82) is 0 Å². The Hall–Kier alpha value is -3.80. The Balaban J connectivity index is 1.54. The van der Waals surface area contributed by atoms with Gasteiger partial charge in [-0.1, -0.05) is 18.2 Å². The second-order valence-corrected chi connectivity index (χ2v) is 6.10. The fourth-order valence-electron chi connectivity index (χ4n) is 2.38. The molecule has 0 fully saturated rings. The fraction of sp³-hybridized carbons (Fsp3) is 0.0909. The lowest BCUT2D eigenvalue weighted by molar-refractivity contribution is -0.123. The van der Waals surface area contributed by atoms with Crippen molar-refractivity contribution < 1.29 is 19.1 Å². The van der Waals surface area contributed by atoms with E-state index in [0.29, 0.717) is 22.7 Å². The molecule has 28 heavy (non-hydrogen) atoms. The summed E-state index contributed by atoms with van der Waals surface area (Å²) in [5, 5.41) is 2.71. The molecule has 3 rings (SSSR count). The molecule has 1 unspecified atom stereocenters. The van der Waals surface area contributed by atoms with E-state index in [4.69, 9.17) is 15.2 Å². The smallest absolute Gasteiger partial charge is 0.338 e. The van der Waals surface area contributed by atoms with Gasteiger partial charge in [-0.25, -0.2) is 4.79 Å². The van der Waals surface area contributed by atoms with Crippen LogP contribution in [0.25, 0.3) is 0 Å². The van der Waals surface area contributed by atoms with Gasteiger partial charge in [0.1, 0.15) is 11.5 Å². The van der Waals surface area contributed by atoms with Crippen molar-refractivity contribution in [3.8, 4) is 11.5 Å². The summed E-state index contributed by atoms with van der Waals surface area (Å²) in [6.45, 7) is 1.51. The molecule has 6 heteroatoms. The number of ether oxygens (including phenoxy) is 2. The average Bonchev–Trinajstić information content (AvgIpc) is 2.70. The van der Waals surface area contributed by atoms with Crippen molar-refractivity contribution in [3.63, 3.8) is 0 Å². The van der Waals surface area contributed by atoms with Gasteiger partial charge < -0.3 is 20.5 Å². The van der Waals surface area contributed by atoms with Gasteiger partial charge in [0.05, 0.1) is 5.56 Å². The second kappa shape index (κ2) is 8.73. The highest BCUT2D eigenvalue weighted by atomic mass is 16.5. The maximum absolute atomic E-state index is 12.3. The van der Waals surface area contributed by atoms with Crippen molar-refractivity contribution in [2.24, 2.45) is 0 Å². The van der Waals surface area contributed by atoms with Gasteiger partial charge in [0.15, 0.2) is 6.10 Å². The summed E-state index contributed by atoms with van der Waals surface area (Å²) in [5.74, 6) is 0.351. The third kappa shape index (κ3) is 5.11. The molecule has 1 atom stereocenters. The molecule has 0 aliphatic carbocycles. The summed E-state index contributed by atoms with van der Waals surface area (Å²) in [7, 11) is 0. The van der Waals surface area contributed by atoms with Crippen molar-refractivity contribution >= 4 is 23.3 Å². The van der Waals surface area contributed by atoms with Gasteiger partial charge >= 0.3 is 5.97 Å². The number of esters is 1. The number of amides is 1. The minimum atomic E-state index is -0.953. The first-order chi connectivity index (χ1) is 13.5. The summed E-state index contributed by atoms with van der Waals surface area (Å²) in [4.78, 5) is 24.4. The molecule has 0 saturated carbocycles. The standard InChI is InChI=1S/C22H20N2O4/c1-15(27-22(26)16-7-9-17(23)10-8-16)21(25)24-18-11-13-20(14-12-18)28-19-5-3-2-4-6-19/h2-15H,23H2,1H3,(H,24,25). The molecule has 1 amide bonds. The Morgan fingerprint density at radius 3 is 2.11 bits per heavy atom. The van der Waals surface area contributed by atoms with Crippen LogP contribution in [0.4, 0.5) is 11.4 Å². The van der Waals surface area contributed by atoms with Crippen LogP contribution in [0.3, 0.4) is 0 Å². The van der Waals surface area contributed by atoms with Crippen molar-refractivity contribution in [2.75, 3.05) is 11.1 Å². The summed E-state index contributed by atoms with van der Waals surface area (Å²) in [6.07, 6.45) is -0.953. The number of benzene rings is 3. The van der Waals surface area contributed by atoms with E-state index in [1.165, 1.54) is 6.92 Å². The van der Waals surface area contributed by atoms with E-state index in [2.05, 4.69) is 5.32 Å². The molecule has 0 aliphatic heterocycles. The summed E-state index contributed by atoms with van der Waals surface area (Å²) < 4.78 is 10.9. The largest absolute Gasteiger partial charge is 0.457 e. The fourth-order valence-corrected chi connectivity index (χ4v) is 2.38. The third-order valence-corrected chi connectivity index (χ3v) is 3.90. The van der Waals surface area contributed by atoms with Crippen LogP contribution in [0.15, 0.2) is 78.9 Å². The lowest BCUT2D eigenvalue weighted by Gasteiger charge is -2.14. The zero-order valence-electron chi connectivity index (χ0n) is 15.3. The Bertz CT molecular complexity index is 939. The molecule has 0 heterocycles. The molecule has 0 radical (unpaired) electrons. The molecule has 0 spiro atoms. The van der Waals surface area contributed by atoms with Gasteiger partial charge in [-0.3, -0.25) is 4.79 Å². The van der Waals surface area contributed by atoms with Crippen LogP contribution in [-0.2, 0) is 9.53 Å². The first-order valence-electron chi connectivity index (χ1n) is 8.71. The predicted octanol–water partition coefficient (Wildman–Crippen LogP) is 4.25. The zero-order chi connectivity index (χ0) is 19.9. The van der Waals surface area contributed by atoms with Gasteiger partial charge in [0.2, 0.25) is 0 Å². The molecule has 3 N–H and O–H groups in total. The second-order valence-electron chi connectivity index (χ2n) is 6.10. The molecule has 3 aromatic rings. The minimum Gasteiger partial charge on any atom is -0.457 e. The number of anilines is 2. The summed E-state index contributed by atoms with van der Waals surface area (Å²) in [6, 6.07) is 22.6. The molecule has 6 nitrogen and oxygen atoms in total. The lowest BCUT2D eigenvalue weighted by atomic mass is 10.2. The van der Waals surface area contributed by atoms with Gasteiger partial charge in [-0.2, -0.15) is 0 Å². The zero-order valence-corrected chi connectivity index (χ0v) is 15.3. The van der Waals surface area contributed by atoms with Crippen LogP contribution >= 0.6 is 0 Å². The third-order valence-electron chi connectivity index (χ3n) is 3.90. The number of carbonyl (C=O) groups excluding carboxylic acids is 2. The molecule has 0 aliphatic rings. The van der Waals surface area contributed by atoms with E-state index in [1.54, 1.807) is 48.5 Å². The number of hydrogen-bond donors (Lipinski definition) is 2. The first kappa shape index (κ1) is 19.0. The number of rotatable bonds is 6. The summed E-state index contributed by atoms with van der Waals surface area (Å²) in [5.41, 5.74) is 7.03. The SMILES string of the molecule is CC(OC(=O)c1ccc(N)cc1)C(=O)Nc1ccc(Oc2ccccc2)cc1. The first-order valence-corrected chi connectivity index (χ1v) is 8.71. The quantitative estimate of drug-likeness (QED) is 0.496. The topological polar surface area (TPSA) is 90.7 Å². The van der Waals surface area contributed by atoms with Crippen LogP contribution < -0.4 is 15.8 Å². The Kier molecular flexibility index (Phi) is 5.91. The molecule has 3 aromatic carbocycles. The molecular weight excluding hydrogens is 356 g/mol. The Morgan fingerprint density at radius 2 is 1.46 bits per heavy atom. The summed E-state index contributed by atoms with van der Waals surface area (Å²) >= 11 is 0. The van der Waals surface area contributed by atoms with Crippen LogP contribution in [0.5, 0.6) is 11.5 Å². The Labute approximate surface area is 162 Å². The van der Waals surface area contributed by atoms with Crippen LogP contribution in [0, 0.1) is 0 Å². The molecule has 0 saturated heterocycles. The monoisotopic (exact) mass is 376 g/mol. The predicted molar refractivity (Wildman–Crippen MR) is 107 cm³/mol. The maximum Gasteiger partial charge on any atom is 0.338 e. The van der Waals surface area contributed by atoms with E-state index >= 15 is 0 Å². The van der Waals surface area contributed by atoms with Crippen LogP contribution in [0.1, 0.15) is 17.3 Å².